The van der Waals surface area contributed by atoms with Gasteiger partial charge in [-0.1, -0.05) is 19.9 Å². The van der Waals surface area contributed by atoms with Gasteiger partial charge < -0.3 is 14.8 Å². The first-order valence-electron chi connectivity index (χ1n) is 8.01. The number of nitrogens with one attached hydrogen (secondary N) is 1. The molecule has 5 nitrogen and oxygen atoms in total. The van der Waals surface area contributed by atoms with Crippen molar-refractivity contribution in [1.29, 1.82) is 0 Å². The molecule has 0 aliphatic carbocycles. The van der Waals surface area contributed by atoms with Gasteiger partial charge in [0.1, 0.15) is 4.88 Å². The number of rotatable bonds is 7. The van der Waals surface area contributed by atoms with E-state index in [1.54, 1.807) is 7.11 Å². The number of aryl methyl sites for hydroxylation is 1. The summed E-state index contributed by atoms with van der Waals surface area (Å²) in [5.74, 6) is 1.60. The maximum absolute atomic E-state index is 12.4. The molecule has 1 amide bonds. The van der Waals surface area contributed by atoms with E-state index in [0.29, 0.717) is 35.4 Å². The van der Waals surface area contributed by atoms with Crippen LogP contribution in [0.15, 0.2) is 18.2 Å². The summed E-state index contributed by atoms with van der Waals surface area (Å²) in [6.07, 6.45) is 0. The van der Waals surface area contributed by atoms with Gasteiger partial charge in [-0.05, 0) is 31.5 Å². The molecule has 0 saturated carbocycles. The van der Waals surface area contributed by atoms with Gasteiger partial charge in [-0.25, -0.2) is 4.98 Å². The van der Waals surface area contributed by atoms with E-state index in [4.69, 9.17) is 9.47 Å². The number of amides is 1. The van der Waals surface area contributed by atoms with E-state index < -0.39 is 0 Å². The Kier molecular flexibility index (Phi) is 6.20. The van der Waals surface area contributed by atoms with E-state index in [9.17, 15) is 4.79 Å². The van der Waals surface area contributed by atoms with Crippen LogP contribution < -0.4 is 14.8 Å². The van der Waals surface area contributed by atoms with E-state index >= 15 is 0 Å². The quantitative estimate of drug-likeness (QED) is 0.824. The molecule has 24 heavy (non-hydrogen) atoms. The topological polar surface area (TPSA) is 60.5 Å². The predicted octanol–water partition coefficient (Wildman–Crippen LogP) is 3.91. The highest BCUT2D eigenvalue weighted by Gasteiger charge is 2.16. The lowest BCUT2D eigenvalue weighted by atomic mass is 10.2. The zero-order valence-corrected chi connectivity index (χ0v) is 15.6. The van der Waals surface area contributed by atoms with Crippen molar-refractivity contribution in [2.45, 2.75) is 40.2 Å². The SMILES string of the molecule is CCOc1ccc(CNC(=O)c2sc(C(C)C)nc2C)cc1OC. The van der Waals surface area contributed by atoms with Crippen LogP contribution in [0.4, 0.5) is 0 Å². The second kappa shape index (κ2) is 8.15. The molecular weight excluding hydrogens is 324 g/mol. The standard InChI is InChI=1S/C18H24N2O3S/c1-6-23-14-8-7-13(9-15(14)22-5)10-19-17(21)16-12(4)20-18(24-16)11(2)3/h7-9,11H,6,10H2,1-5H3,(H,19,21). The summed E-state index contributed by atoms with van der Waals surface area (Å²) in [6, 6.07) is 5.66. The Labute approximate surface area is 147 Å². The highest BCUT2D eigenvalue weighted by molar-refractivity contribution is 7.13. The molecule has 6 heteroatoms. The third-order valence-electron chi connectivity index (χ3n) is 3.49. The first-order valence-corrected chi connectivity index (χ1v) is 8.83. The van der Waals surface area contributed by atoms with Crippen molar-refractivity contribution in [3.8, 4) is 11.5 Å². The molecule has 1 aromatic heterocycles. The number of carbonyl (C=O) groups excluding carboxylic acids is 1. The molecule has 0 spiro atoms. The number of hydrogen-bond donors (Lipinski definition) is 1. The summed E-state index contributed by atoms with van der Waals surface area (Å²) in [6.45, 7) is 8.96. The maximum atomic E-state index is 12.4. The number of ether oxygens (including phenoxy) is 2. The lowest BCUT2D eigenvalue weighted by Crippen LogP contribution is -2.22. The molecule has 0 aliphatic rings. The predicted molar refractivity (Wildman–Crippen MR) is 96.3 cm³/mol. The molecule has 0 aliphatic heterocycles. The van der Waals surface area contributed by atoms with Crippen molar-refractivity contribution in [2.75, 3.05) is 13.7 Å². The van der Waals surface area contributed by atoms with Crippen LogP contribution in [0.3, 0.4) is 0 Å². The minimum absolute atomic E-state index is 0.0928. The van der Waals surface area contributed by atoms with Crippen molar-refractivity contribution >= 4 is 17.2 Å². The molecule has 1 heterocycles. The number of aromatic nitrogens is 1. The fourth-order valence-corrected chi connectivity index (χ4v) is 3.22. The molecule has 2 aromatic rings. The Morgan fingerprint density at radius 3 is 2.67 bits per heavy atom. The Morgan fingerprint density at radius 1 is 1.33 bits per heavy atom. The van der Waals surface area contributed by atoms with E-state index in [0.717, 1.165) is 16.3 Å². The normalized spacial score (nSPS) is 10.8. The second-order valence-corrected chi connectivity index (χ2v) is 6.75. The van der Waals surface area contributed by atoms with Crippen LogP contribution in [0.2, 0.25) is 0 Å². The van der Waals surface area contributed by atoms with Gasteiger partial charge in [0.05, 0.1) is 24.4 Å². The van der Waals surface area contributed by atoms with Crippen LogP contribution in [0.1, 0.15) is 52.6 Å². The van der Waals surface area contributed by atoms with Gasteiger partial charge in [-0.3, -0.25) is 4.79 Å². The van der Waals surface area contributed by atoms with E-state index in [1.165, 1.54) is 11.3 Å². The van der Waals surface area contributed by atoms with Gasteiger partial charge in [0, 0.05) is 12.5 Å². The van der Waals surface area contributed by atoms with Crippen molar-refractivity contribution in [3.05, 3.63) is 39.3 Å². The summed E-state index contributed by atoms with van der Waals surface area (Å²) in [5.41, 5.74) is 1.74. The molecule has 130 valence electrons. The van der Waals surface area contributed by atoms with Crippen LogP contribution in [-0.4, -0.2) is 24.6 Å². The summed E-state index contributed by atoms with van der Waals surface area (Å²) < 4.78 is 10.8. The zero-order chi connectivity index (χ0) is 17.7. The Bertz CT molecular complexity index is 710. The smallest absolute Gasteiger partial charge is 0.263 e. The molecular formula is C18H24N2O3S. The van der Waals surface area contributed by atoms with E-state index in [2.05, 4.69) is 24.1 Å². The number of methoxy groups -OCH3 is 1. The van der Waals surface area contributed by atoms with Gasteiger partial charge in [-0.15, -0.1) is 11.3 Å². The zero-order valence-electron chi connectivity index (χ0n) is 14.8. The lowest BCUT2D eigenvalue weighted by Gasteiger charge is -2.11. The summed E-state index contributed by atoms with van der Waals surface area (Å²) in [7, 11) is 1.61. The van der Waals surface area contributed by atoms with Gasteiger partial charge in [0.25, 0.3) is 5.91 Å². The van der Waals surface area contributed by atoms with Crippen LogP contribution in [0.25, 0.3) is 0 Å². The second-order valence-electron chi connectivity index (χ2n) is 5.72. The largest absolute Gasteiger partial charge is 0.493 e. The van der Waals surface area contributed by atoms with Crippen LogP contribution in [0.5, 0.6) is 11.5 Å². The van der Waals surface area contributed by atoms with Gasteiger partial charge in [-0.2, -0.15) is 0 Å². The summed E-state index contributed by atoms with van der Waals surface area (Å²) >= 11 is 1.46. The van der Waals surface area contributed by atoms with Crippen molar-refractivity contribution < 1.29 is 14.3 Å². The molecule has 0 unspecified atom stereocenters. The monoisotopic (exact) mass is 348 g/mol. The molecule has 0 atom stereocenters. The third kappa shape index (κ3) is 4.26. The summed E-state index contributed by atoms with van der Waals surface area (Å²) in [4.78, 5) is 17.5. The first kappa shape index (κ1) is 18.3. The Hall–Kier alpha value is -2.08. The molecule has 0 bridgehead atoms. The van der Waals surface area contributed by atoms with Gasteiger partial charge >= 0.3 is 0 Å². The van der Waals surface area contributed by atoms with Crippen molar-refractivity contribution in [3.63, 3.8) is 0 Å². The first-order chi connectivity index (χ1) is 11.5. The van der Waals surface area contributed by atoms with Crippen molar-refractivity contribution in [2.24, 2.45) is 0 Å². The number of hydrogen-bond acceptors (Lipinski definition) is 5. The highest BCUT2D eigenvalue weighted by Crippen LogP contribution is 2.28. The van der Waals surface area contributed by atoms with Gasteiger partial charge in [0.15, 0.2) is 11.5 Å². The number of benzene rings is 1. The van der Waals surface area contributed by atoms with Gasteiger partial charge in [0.2, 0.25) is 0 Å². The molecule has 1 aromatic carbocycles. The molecule has 2 rings (SSSR count). The number of carbonyl (C=O) groups is 1. The fourth-order valence-electron chi connectivity index (χ4n) is 2.23. The molecule has 0 fully saturated rings. The van der Waals surface area contributed by atoms with E-state index in [1.807, 2.05) is 32.0 Å². The minimum atomic E-state index is -0.0928. The molecule has 0 saturated heterocycles. The summed E-state index contributed by atoms with van der Waals surface area (Å²) in [5, 5.41) is 3.93. The highest BCUT2D eigenvalue weighted by atomic mass is 32.1. The Morgan fingerprint density at radius 2 is 2.08 bits per heavy atom. The lowest BCUT2D eigenvalue weighted by molar-refractivity contribution is 0.0954. The average molecular weight is 348 g/mol. The minimum Gasteiger partial charge on any atom is -0.493 e. The van der Waals surface area contributed by atoms with Crippen LogP contribution in [-0.2, 0) is 6.54 Å². The third-order valence-corrected chi connectivity index (χ3v) is 4.95. The van der Waals surface area contributed by atoms with E-state index in [-0.39, 0.29) is 5.91 Å². The molecule has 1 N–H and O–H groups in total. The van der Waals surface area contributed by atoms with Crippen molar-refractivity contribution in [1.82, 2.24) is 10.3 Å². The van der Waals surface area contributed by atoms with Crippen LogP contribution >= 0.6 is 11.3 Å². The molecule has 0 radical (unpaired) electrons. The Balaban J connectivity index is 2.06. The van der Waals surface area contributed by atoms with Crippen LogP contribution in [0, 0.1) is 6.92 Å². The maximum Gasteiger partial charge on any atom is 0.263 e. The number of nitrogens with zero attached hydrogens (tertiary/aromatic N) is 1. The number of thiazole rings is 1. The average Bonchev–Trinajstić information content (AvgIpc) is 2.96. The fraction of sp³-hybridized carbons (Fsp3) is 0.444.